The molecule has 1 aliphatic carbocycles. The van der Waals surface area contributed by atoms with Crippen molar-refractivity contribution < 1.29 is 9.90 Å². The summed E-state index contributed by atoms with van der Waals surface area (Å²) in [5, 5.41) is 12.1. The standard InChI is InChI=1S/C11H13NO2/c1-8-4-2-3-5-9(8)12-11(6-7-11)10(13)14/h2-5,12H,6-7H2,1H3,(H,13,14). The molecule has 0 saturated heterocycles. The molecule has 0 atom stereocenters. The van der Waals surface area contributed by atoms with E-state index < -0.39 is 11.5 Å². The van der Waals surface area contributed by atoms with Crippen molar-refractivity contribution in [1.82, 2.24) is 0 Å². The van der Waals surface area contributed by atoms with Crippen molar-refractivity contribution in [2.24, 2.45) is 0 Å². The Kier molecular flexibility index (Phi) is 1.95. The maximum absolute atomic E-state index is 10.9. The van der Waals surface area contributed by atoms with E-state index in [1.54, 1.807) is 0 Å². The number of anilines is 1. The summed E-state index contributed by atoms with van der Waals surface area (Å²) in [7, 11) is 0. The van der Waals surface area contributed by atoms with Gasteiger partial charge in [-0.15, -0.1) is 0 Å². The number of carbonyl (C=O) groups is 1. The van der Waals surface area contributed by atoms with E-state index in [0.29, 0.717) is 0 Å². The van der Waals surface area contributed by atoms with Gasteiger partial charge in [0.05, 0.1) is 0 Å². The van der Waals surface area contributed by atoms with E-state index in [9.17, 15) is 4.79 Å². The monoisotopic (exact) mass is 191 g/mol. The molecule has 2 N–H and O–H groups in total. The molecule has 1 aromatic carbocycles. The third-order valence-corrected chi connectivity index (χ3v) is 2.68. The van der Waals surface area contributed by atoms with Gasteiger partial charge in [-0.1, -0.05) is 18.2 Å². The minimum atomic E-state index is -0.749. The lowest BCUT2D eigenvalue weighted by atomic mass is 10.1. The quantitative estimate of drug-likeness (QED) is 0.768. The zero-order chi connectivity index (χ0) is 10.2. The predicted molar refractivity (Wildman–Crippen MR) is 54.4 cm³/mol. The highest BCUT2D eigenvalue weighted by atomic mass is 16.4. The van der Waals surface area contributed by atoms with Crippen molar-refractivity contribution in [3.05, 3.63) is 29.8 Å². The molecule has 1 aromatic rings. The van der Waals surface area contributed by atoms with E-state index in [4.69, 9.17) is 5.11 Å². The minimum absolute atomic E-state index is 0.688. The van der Waals surface area contributed by atoms with Crippen molar-refractivity contribution in [2.75, 3.05) is 5.32 Å². The fourth-order valence-corrected chi connectivity index (χ4v) is 1.49. The van der Waals surface area contributed by atoms with E-state index in [1.807, 2.05) is 31.2 Å². The van der Waals surface area contributed by atoms with Crippen LogP contribution in [0.5, 0.6) is 0 Å². The summed E-state index contributed by atoms with van der Waals surface area (Å²) in [4.78, 5) is 10.9. The maximum Gasteiger partial charge on any atom is 0.329 e. The van der Waals surface area contributed by atoms with Gasteiger partial charge in [0.1, 0.15) is 5.54 Å². The number of carboxylic acid groups (broad SMARTS) is 1. The number of nitrogens with one attached hydrogen (secondary N) is 1. The normalized spacial score (nSPS) is 17.5. The topological polar surface area (TPSA) is 49.3 Å². The van der Waals surface area contributed by atoms with Crippen molar-refractivity contribution in [1.29, 1.82) is 0 Å². The number of benzene rings is 1. The Balaban J connectivity index is 2.19. The van der Waals surface area contributed by atoms with Crippen molar-refractivity contribution in [2.45, 2.75) is 25.3 Å². The molecular weight excluding hydrogens is 178 g/mol. The lowest BCUT2D eigenvalue weighted by molar-refractivity contribution is -0.138. The first-order valence-electron chi connectivity index (χ1n) is 4.71. The molecule has 74 valence electrons. The molecule has 0 radical (unpaired) electrons. The van der Waals surface area contributed by atoms with Crippen molar-refractivity contribution >= 4 is 11.7 Å². The van der Waals surface area contributed by atoms with Gasteiger partial charge in [-0.05, 0) is 31.4 Å². The molecule has 0 unspecified atom stereocenters. The van der Waals surface area contributed by atoms with E-state index in [2.05, 4.69) is 5.32 Å². The van der Waals surface area contributed by atoms with Crippen LogP contribution in [0.4, 0.5) is 5.69 Å². The van der Waals surface area contributed by atoms with Gasteiger partial charge in [-0.25, -0.2) is 4.79 Å². The van der Waals surface area contributed by atoms with Crippen LogP contribution in [0.1, 0.15) is 18.4 Å². The summed E-state index contributed by atoms with van der Waals surface area (Å²) in [6, 6.07) is 7.74. The summed E-state index contributed by atoms with van der Waals surface area (Å²) in [5.74, 6) is -0.749. The molecule has 1 aliphatic rings. The van der Waals surface area contributed by atoms with Gasteiger partial charge in [0.25, 0.3) is 0 Å². The molecule has 0 aromatic heterocycles. The zero-order valence-electron chi connectivity index (χ0n) is 8.08. The van der Waals surface area contributed by atoms with Crippen LogP contribution in [0.3, 0.4) is 0 Å². The van der Waals surface area contributed by atoms with Gasteiger partial charge in [-0.3, -0.25) is 0 Å². The molecular formula is C11H13NO2. The molecule has 14 heavy (non-hydrogen) atoms. The second-order valence-electron chi connectivity index (χ2n) is 3.83. The van der Waals surface area contributed by atoms with Gasteiger partial charge in [0.15, 0.2) is 0 Å². The van der Waals surface area contributed by atoms with Gasteiger partial charge in [-0.2, -0.15) is 0 Å². The Morgan fingerprint density at radius 3 is 2.57 bits per heavy atom. The molecule has 0 amide bonds. The Morgan fingerprint density at radius 1 is 1.43 bits per heavy atom. The number of aryl methyl sites for hydroxylation is 1. The fourth-order valence-electron chi connectivity index (χ4n) is 1.49. The van der Waals surface area contributed by atoms with Crippen LogP contribution in [-0.4, -0.2) is 16.6 Å². The average molecular weight is 191 g/mol. The average Bonchev–Trinajstić information content (AvgIpc) is 2.90. The summed E-state index contributed by atoms with van der Waals surface area (Å²) >= 11 is 0. The molecule has 0 aliphatic heterocycles. The number of hydrogen-bond acceptors (Lipinski definition) is 2. The third-order valence-electron chi connectivity index (χ3n) is 2.68. The lowest BCUT2D eigenvalue weighted by Gasteiger charge is -2.15. The molecule has 3 nitrogen and oxygen atoms in total. The van der Waals surface area contributed by atoms with Crippen LogP contribution in [-0.2, 0) is 4.79 Å². The molecule has 0 bridgehead atoms. The zero-order valence-corrected chi connectivity index (χ0v) is 8.08. The molecule has 0 heterocycles. The summed E-state index contributed by atoms with van der Waals surface area (Å²) in [6.07, 6.45) is 1.44. The number of hydrogen-bond donors (Lipinski definition) is 2. The Hall–Kier alpha value is -1.51. The number of aliphatic carboxylic acids is 1. The van der Waals surface area contributed by atoms with E-state index in [0.717, 1.165) is 24.1 Å². The van der Waals surface area contributed by atoms with E-state index in [1.165, 1.54) is 0 Å². The highest BCUT2D eigenvalue weighted by molar-refractivity contribution is 5.86. The second-order valence-corrected chi connectivity index (χ2v) is 3.83. The summed E-state index contributed by atoms with van der Waals surface area (Å²) in [6.45, 7) is 1.97. The van der Waals surface area contributed by atoms with E-state index in [-0.39, 0.29) is 0 Å². The van der Waals surface area contributed by atoms with Crippen LogP contribution in [0.15, 0.2) is 24.3 Å². The number of rotatable bonds is 3. The summed E-state index contributed by atoms with van der Waals surface area (Å²) in [5.41, 5.74) is 1.32. The highest BCUT2D eigenvalue weighted by Crippen LogP contribution is 2.39. The Labute approximate surface area is 82.8 Å². The fraction of sp³-hybridized carbons (Fsp3) is 0.364. The first-order chi connectivity index (χ1) is 6.64. The van der Waals surface area contributed by atoms with Gasteiger partial charge >= 0.3 is 5.97 Å². The van der Waals surface area contributed by atoms with Crippen LogP contribution >= 0.6 is 0 Å². The molecule has 2 rings (SSSR count). The largest absolute Gasteiger partial charge is 0.480 e. The van der Waals surface area contributed by atoms with Crippen molar-refractivity contribution in [3.8, 4) is 0 Å². The SMILES string of the molecule is Cc1ccccc1NC1(C(=O)O)CC1. The van der Waals surface area contributed by atoms with Crippen LogP contribution < -0.4 is 5.32 Å². The molecule has 0 spiro atoms. The molecule has 1 fully saturated rings. The Bertz CT molecular complexity index is 369. The third kappa shape index (κ3) is 1.45. The highest BCUT2D eigenvalue weighted by Gasteiger charge is 2.50. The minimum Gasteiger partial charge on any atom is -0.480 e. The van der Waals surface area contributed by atoms with E-state index >= 15 is 0 Å². The number of para-hydroxylation sites is 1. The molecule has 3 heteroatoms. The van der Waals surface area contributed by atoms with Gasteiger partial charge < -0.3 is 10.4 Å². The Morgan fingerprint density at radius 2 is 2.07 bits per heavy atom. The second kappa shape index (κ2) is 3.01. The first-order valence-corrected chi connectivity index (χ1v) is 4.71. The maximum atomic E-state index is 10.9. The van der Waals surface area contributed by atoms with Crippen LogP contribution in [0.25, 0.3) is 0 Å². The summed E-state index contributed by atoms with van der Waals surface area (Å²) < 4.78 is 0. The van der Waals surface area contributed by atoms with Gasteiger partial charge in [0, 0.05) is 5.69 Å². The first kappa shape index (κ1) is 9.06. The number of carboxylic acids is 1. The smallest absolute Gasteiger partial charge is 0.329 e. The predicted octanol–water partition coefficient (Wildman–Crippen LogP) is 2.02. The van der Waals surface area contributed by atoms with Crippen molar-refractivity contribution in [3.63, 3.8) is 0 Å². The lowest BCUT2D eigenvalue weighted by Crippen LogP contribution is -2.31. The van der Waals surface area contributed by atoms with Crippen LogP contribution in [0, 0.1) is 6.92 Å². The molecule has 1 saturated carbocycles. The van der Waals surface area contributed by atoms with Gasteiger partial charge in [0.2, 0.25) is 0 Å². The van der Waals surface area contributed by atoms with Crippen LogP contribution in [0.2, 0.25) is 0 Å².